The summed E-state index contributed by atoms with van der Waals surface area (Å²) in [5.41, 5.74) is -0.602. The quantitative estimate of drug-likeness (QED) is 0.143. The van der Waals surface area contributed by atoms with Gasteiger partial charge in [-0.15, -0.1) is 0 Å². The van der Waals surface area contributed by atoms with Gasteiger partial charge in [-0.3, -0.25) is 0 Å². The minimum Gasteiger partial charge on any atom is -0.550 e. The Bertz CT molecular complexity index is 901. The average Bonchev–Trinajstić information content (AvgIpc) is 2.66. The van der Waals surface area contributed by atoms with E-state index in [0.29, 0.717) is 0 Å². The molecule has 2 aromatic rings. The summed E-state index contributed by atoms with van der Waals surface area (Å²) < 4.78 is 0. The first-order valence-electron chi connectivity index (χ1n) is 7.86. The number of phenolic OH excluding ortho intramolecular Hbond substituents is 2. The molecule has 0 bridgehead atoms. The summed E-state index contributed by atoms with van der Waals surface area (Å²) in [5, 5.41) is 79.7. The summed E-state index contributed by atoms with van der Waals surface area (Å²) in [5.74, 6) is -8.00. The normalized spacial score (nSPS) is 9.73. The Hall–Kier alpha value is -1.25. The van der Waals surface area contributed by atoms with E-state index in [2.05, 4.69) is 0 Å². The smallest absolute Gasteiger partial charge is 0.550 e. The third-order valence-electron chi connectivity index (χ3n) is 3.12. The second kappa shape index (κ2) is 18.1. The van der Waals surface area contributed by atoms with Crippen LogP contribution in [0.5, 0.6) is 23.0 Å². The fourth-order valence-electron chi connectivity index (χ4n) is 1.65. The van der Waals surface area contributed by atoms with Crippen molar-refractivity contribution in [3.63, 3.8) is 0 Å². The summed E-state index contributed by atoms with van der Waals surface area (Å²) in [6.07, 6.45) is -2.89. The van der Waals surface area contributed by atoms with Gasteiger partial charge in [-0.25, -0.2) is 9.59 Å². The molecule has 1 unspecified atom stereocenters. The molecule has 1 atom stereocenters. The molecule has 0 aromatic heterocycles. The van der Waals surface area contributed by atoms with Crippen LogP contribution < -0.4 is 113 Å². The number of carboxylic acids is 4. The predicted octanol–water partition coefficient (Wildman–Crippen LogP) is -8.16. The van der Waals surface area contributed by atoms with Crippen molar-refractivity contribution in [2.75, 3.05) is 0 Å². The van der Waals surface area contributed by atoms with Gasteiger partial charge in [0.2, 0.25) is 0 Å². The second-order valence-electron chi connectivity index (χ2n) is 5.37. The number of carboxylic acid groups (broad SMARTS) is 4. The van der Waals surface area contributed by atoms with Crippen molar-refractivity contribution in [2.24, 2.45) is 0 Å². The van der Waals surface area contributed by atoms with Crippen LogP contribution in [0, 0.1) is 0 Å². The van der Waals surface area contributed by atoms with Crippen LogP contribution in [0.25, 0.3) is 0 Å². The van der Waals surface area contributed by atoms with Crippen LogP contribution in [0.1, 0.15) is 27.1 Å². The molecule has 2 rings (SSSR count). The Kier molecular flexibility index (Phi) is 20.0. The van der Waals surface area contributed by atoms with Gasteiger partial charge in [0.1, 0.15) is 11.1 Å². The van der Waals surface area contributed by atoms with Crippen molar-refractivity contribution in [3.8, 4) is 23.0 Å². The molecule has 0 aliphatic carbocycles. The predicted molar refractivity (Wildman–Crippen MR) is 94.1 cm³/mol. The summed E-state index contributed by atoms with van der Waals surface area (Å²) in [7, 11) is 0. The number of hydrogen-bond acceptors (Lipinski definition) is 11. The monoisotopic (exact) mass is 518 g/mol. The molecule has 13 nitrogen and oxygen atoms in total. The van der Waals surface area contributed by atoms with E-state index in [1.54, 1.807) is 0 Å². The first-order valence-corrected chi connectivity index (χ1v) is 7.86. The number of hydrogen-bond donors (Lipinski definition) is 7. The number of para-hydroxylation sites is 2. The molecule has 15 heteroatoms. The number of carbonyl (C=O) groups is 4. The molecule has 0 spiro atoms. The van der Waals surface area contributed by atoms with Crippen molar-refractivity contribution in [1.29, 1.82) is 0 Å². The van der Waals surface area contributed by atoms with Gasteiger partial charge < -0.3 is 55.5 Å². The van der Waals surface area contributed by atoms with E-state index in [4.69, 9.17) is 35.7 Å². The third-order valence-corrected chi connectivity index (χ3v) is 3.12. The number of aliphatic carboxylic acids is 2. The van der Waals surface area contributed by atoms with E-state index in [-0.39, 0.29) is 114 Å². The molecule has 0 heterocycles. The molecule has 2 aromatic carbocycles. The van der Waals surface area contributed by atoms with Crippen molar-refractivity contribution in [3.05, 3.63) is 47.5 Å². The maximum atomic E-state index is 10.3. The Morgan fingerprint density at radius 1 is 0.727 bits per heavy atom. The third kappa shape index (κ3) is 13.9. The number of benzene rings is 2. The molecular formula is C18H16K2O13. The van der Waals surface area contributed by atoms with Gasteiger partial charge in [0.15, 0.2) is 23.0 Å². The van der Waals surface area contributed by atoms with Crippen LogP contribution in [0.4, 0.5) is 0 Å². The molecule has 0 saturated carbocycles. The molecule has 0 amide bonds. The largest absolute Gasteiger partial charge is 1.00 e. The van der Waals surface area contributed by atoms with Crippen molar-refractivity contribution in [1.82, 2.24) is 0 Å². The summed E-state index contributed by atoms with van der Waals surface area (Å²) >= 11 is 0. The Labute approximate surface area is 270 Å². The van der Waals surface area contributed by atoms with Gasteiger partial charge in [-0.05, 0) is 24.3 Å². The summed E-state index contributed by atoms with van der Waals surface area (Å²) in [4.78, 5) is 39.7. The molecule has 168 valence electrons. The fraction of sp³-hybridized carbons (Fsp3) is 0.111. The number of aliphatic hydroxyl groups excluding tert-OH is 1. The van der Waals surface area contributed by atoms with Crippen LogP contribution in [0.15, 0.2) is 36.4 Å². The van der Waals surface area contributed by atoms with Crippen LogP contribution in [0.3, 0.4) is 0 Å². The SMILES string of the molecule is O=C(O)c1cccc(O)c1O.O=C(O)c1cccc(O)c1O.O=C([O-])CC(O)C(=O)[O-].[K+].[K+]. The van der Waals surface area contributed by atoms with Crippen LogP contribution >= 0.6 is 0 Å². The van der Waals surface area contributed by atoms with Crippen LogP contribution in [-0.2, 0) is 9.59 Å². The first kappa shape index (κ1) is 36.3. The molecule has 0 aliphatic rings. The van der Waals surface area contributed by atoms with Gasteiger partial charge in [0, 0.05) is 12.4 Å². The zero-order valence-electron chi connectivity index (χ0n) is 17.3. The minimum absolute atomic E-state index is 0. The Morgan fingerprint density at radius 2 is 1.06 bits per heavy atom. The number of rotatable bonds is 5. The van der Waals surface area contributed by atoms with E-state index in [0.717, 1.165) is 0 Å². The molecule has 7 N–H and O–H groups in total. The van der Waals surface area contributed by atoms with Gasteiger partial charge >= 0.3 is 115 Å². The summed E-state index contributed by atoms with van der Waals surface area (Å²) in [6, 6.07) is 7.52. The first-order chi connectivity index (χ1) is 14.3. The molecular weight excluding hydrogens is 502 g/mol. The standard InChI is InChI=1S/2C7H6O4.C4H6O5.2K/c2*8-5-3-1-2-4(6(5)9)7(10)11;5-2(4(8)9)1-3(6)7;;/h2*1-3,8-9H,(H,10,11);2,5H,1H2,(H,6,7)(H,8,9);;/q;;;2*+1/p-2. The number of aromatic carboxylic acids is 2. The van der Waals surface area contributed by atoms with E-state index in [9.17, 15) is 29.4 Å². The van der Waals surface area contributed by atoms with Gasteiger partial charge in [0.25, 0.3) is 0 Å². The van der Waals surface area contributed by atoms with E-state index in [1.807, 2.05) is 0 Å². The molecule has 33 heavy (non-hydrogen) atoms. The number of carbonyl (C=O) groups excluding carboxylic acids is 2. The van der Waals surface area contributed by atoms with E-state index < -0.39 is 59.4 Å². The van der Waals surface area contributed by atoms with Crippen LogP contribution in [0.2, 0.25) is 0 Å². The fourth-order valence-corrected chi connectivity index (χ4v) is 1.65. The van der Waals surface area contributed by atoms with E-state index in [1.165, 1.54) is 36.4 Å². The number of aromatic hydroxyl groups is 4. The maximum Gasteiger partial charge on any atom is 1.00 e. The van der Waals surface area contributed by atoms with Crippen molar-refractivity contribution in [2.45, 2.75) is 12.5 Å². The minimum atomic E-state index is -1.96. The van der Waals surface area contributed by atoms with Gasteiger partial charge in [-0.1, -0.05) is 12.1 Å². The Balaban J connectivity index is -0.000000400. The zero-order chi connectivity index (χ0) is 24.3. The summed E-state index contributed by atoms with van der Waals surface area (Å²) in [6.45, 7) is 0. The second-order valence-corrected chi connectivity index (χ2v) is 5.37. The zero-order valence-corrected chi connectivity index (χ0v) is 23.6. The van der Waals surface area contributed by atoms with Crippen LogP contribution in [-0.4, -0.2) is 65.7 Å². The van der Waals surface area contributed by atoms with Crippen molar-refractivity contribution >= 4 is 23.9 Å². The maximum absolute atomic E-state index is 10.3. The molecule has 0 aliphatic heterocycles. The number of aliphatic hydroxyl groups is 1. The van der Waals surface area contributed by atoms with E-state index >= 15 is 0 Å². The topological polar surface area (TPSA) is 256 Å². The average molecular weight is 519 g/mol. The van der Waals surface area contributed by atoms with Crippen molar-refractivity contribution < 1.29 is 168 Å². The molecule has 0 fully saturated rings. The van der Waals surface area contributed by atoms with Gasteiger partial charge in [0.05, 0.1) is 12.1 Å². The Morgan fingerprint density at radius 3 is 1.24 bits per heavy atom. The number of phenols is 4. The molecule has 0 saturated heterocycles. The molecule has 0 radical (unpaired) electrons. The van der Waals surface area contributed by atoms with Gasteiger partial charge in [-0.2, -0.15) is 0 Å².